The van der Waals surface area contributed by atoms with Crippen molar-refractivity contribution < 1.29 is 0 Å². The molecule has 0 N–H and O–H groups in total. The zero-order valence-electron chi connectivity index (χ0n) is 7.87. The molecule has 0 aromatic carbocycles. The van der Waals surface area contributed by atoms with Gasteiger partial charge >= 0.3 is 0 Å². The topological polar surface area (TPSA) is 12.9 Å². The second-order valence-electron chi connectivity index (χ2n) is 3.27. The Bertz CT molecular complexity index is 245. The second kappa shape index (κ2) is 4.51. The van der Waals surface area contributed by atoms with E-state index in [9.17, 15) is 0 Å². The van der Waals surface area contributed by atoms with E-state index in [1.54, 1.807) is 11.8 Å². The summed E-state index contributed by atoms with van der Waals surface area (Å²) >= 11 is 1.70. The molecular weight excluding hydrogens is 166 g/mol. The molecule has 12 heavy (non-hydrogen) atoms. The molecule has 0 saturated heterocycles. The molecule has 0 aliphatic heterocycles. The Morgan fingerprint density at radius 1 is 1.42 bits per heavy atom. The molecule has 0 bridgehead atoms. The van der Waals surface area contributed by atoms with Gasteiger partial charge in [0, 0.05) is 5.69 Å². The third kappa shape index (κ3) is 2.86. The first-order valence-corrected chi connectivity index (χ1v) is 5.44. The van der Waals surface area contributed by atoms with Crippen molar-refractivity contribution in [3.63, 3.8) is 0 Å². The lowest BCUT2D eigenvalue weighted by Gasteiger charge is -2.04. The van der Waals surface area contributed by atoms with Crippen LogP contribution in [-0.4, -0.2) is 11.2 Å². The van der Waals surface area contributed by atoms with Crippen molar-refractivity contribution in [1.82, 2.24) is 4.98 Å². The number of rotatable bonds is 3. The number of thioether (sulfide) groups is 1. The van der Waals surface area contributed by atoms with E-state index >= 15 is 0 Å². The molecule has 0 saturated carbocycles. The fraction of sp³-hybridized carbons (Fsp3) is 0.500. The summed E-state index contributed by atoms with van der Waals surface area (Å²) < 4.78 is 0. The second-order valence-corrected chi connectivity index (χ2v) is 4.10. The minimum atomic E-state index is 0.689. The van der Waals surface area contributed by atoms with Crippen LogP contribution < -0.4 is 0 Å². The molecule has 1 aromatic heterocycles. The molecule has 2 heteroatoms. The van der Waals surface area contributed by atoms with E-state index in [2.05, 4.69) is 43.3 Å². The fourth-order valence-electron chi connectivity index (χ4n) is 1.10. The smallest absolute Gasteiger partial charge is 0.0960 e. The molecule has 0 aliphatic rings. The van der Waals surface area contributed by atoms with Crippen LogP contribution in [0.25, 0.3) is 0 Å². The van der Waals surface area contributed by atoms with Crippen molar-refractivity contribution in [2.75, 3.05) is 6.26 Å². The maximum absolute atomic E-state index is 4.49. The van der Waals surface area contributed by atoms with E-state index in [0.717, 1.165) is 11.4 Å². The summed E-state index contributed by atoms with van der Waals surface area (Å²) in [5, 5.41) is 1.12. The lowest BCUT2D eigenvalue weighted by molar-refractivity contribution is 0.631. The maximum Gasteiger partial charge on any atom is 0.0960 e. The highest BCUT2D eigenvalue weighted by Crippen LogP contribution is 2.13. The Kier molecular flexibility index (Phi) is 3.60. The van der Waals surface area contributed by atoms with Gasteiger partial charge < -0.3 is 0 Å². The molecule has 1 heterocycles. The summed E-state index contributed by atoms with van der Waals surface area (Å²) in [5.74, 6) is 0.689. The van der Waals surface area contributed by atoms with Gasteiger partial charge in [0.15, 0.2) is 0 Å². The van der Waals surface area contributed by atoms with Crippen LogP contribution in [0.3, 0.4) is 0 Å². The maximum atomic E-state index is 4.49. The molecule has 66 valence electrons. The Hall–Kier alpha value is -0.500. The van der Waals surface area contributed by atoms with Gasteiger partial charge in [0.1, 0.15) is 0 Å². The molecule has 1 aromatic rings. The van der Waals surface area contributed by atoms with Crippen LogP contribution in [-0.2, 0) is 6.42 Å². The molecule has 0 unspecified atom stereocenters. The Morgan fingerprint density at radius 3 is 2.75 bits per heavy atom. The Morgan fingerprint density at radius 2 is 2.17 bits per heavy atom. The lowest BCUT2D eigenvalue weighted by Crippen LogP contribution is -1.97. The first-order valence-electron chi connectivity index (χ1n) is 4.22. The van der Waals surface area contributed by atoms with Crippen LogP contribution in [0.2, 0.25) is 0 Å². The third-order valence-corrected chi connectivity index (χ3v) is 2.25. The highest BCUT2D eigenvalue weighted by atomic mass is 32.2. The largest absolute Gasteiger partial charge is 0.247 e. The van der Waals surface area contributed by atoms with Crippen LogP contribution in [0.5, 0.6) is 0 Å². The standard InChI is InChI=1S/C10H15NS/c1-8(2)7-9-5-4-6-10(11-9)12-3/h4-6,8H,7H2,1-3H3. The zero-order valence-corrected chi connectivity index (χ0v) is 8.69. The normalized spacial score (nSPS) is 10.7. The SMILES string of the molecule is CSc1cccc(CC(C)C)n1. The van der Waals surface area contributed by atoms with Crippen LogP contribution in [0.1, 0.15) is 19.5 Å². The van der Waals surface area contributed by atoms with E-state index in [1.165, 1.54) is 5.69 Å². The van der Waals surface area contributed by atoms with Crippen LogP contribution in [0.15, 0.2) is 23.2 Å². The lowest BCUT2D eigenvalue weighted by atomic mass is 10.1. The van der Waals surface area contributed by atoms with Gasteiger partial charge in [-0.15, -0.1) is 11.8 Å². The van der Waals surface area contributed by atoms with Crippen LogP contribution >= 0.6 is 11.8 Å². The van der Waals surface area contributed by atoms with E-state index in [1.807, 2.05) is 0 Å². The molecule has 0 spiro atoms. The highest BCUT2D eigenvalue weighted by molar-refractivity contribution is 7.98. The average Bonchev–Trinajstić information content (AvgIpc) is 2.03. The zero-order chi connectivity index (χ0) is 8.97. The first kappa shape index (κ1) is 9.59. The third-order valence-electron chi connectivity index (χ3n) is 1.61. The summed E-state index contributed by atoms with van der Waals surface area (Å²) in [7, 11) is 0. The number of pyridine rings is 1. The molecule has 0 aliphatic carbocycles. The summed E-state index contributed by atoms with van der Waals surface area (Å²) in [6, 6.07) is 6.23. The fourth-order valence-corrected chi connectivity index (χ4v) is 1.53. The van der Waals surface area contributed by atoms with Gasteiger partial charge in [-0.1, -0.05) is 19.9 Å². The van der Waals surface area contributed by atoms with Gasteiger partial charge in [0.25, 0.3) is 0 Å². The molecule has 0 fully saturated rings. The summed E-state index contributed by atoms with van der Waals surface area (Å²) in [5.41, 5.74) is 1.21. The molecule has 0 radical (unpaired) electrons. The number of aromatic nitrogens is 1. The quantitative estimate of drug-likeness (QED) is 0.665. The van der Waals surface area contributed by atoms with E-state index < -0.39 is 0 Å². The highest BCUT2D eigenvalue weighted by Gasteiger charge is 1.99. The van der Waals surface area contributed by atoms with Gasteiger partial charge in [-0.05, 0) is 30.7 Å². The number of hydrogen-bond donors (Lipinski definition) is 0. The molecule has 1 nitrogen and oxygen atoms in total. The van der Waals surface area contributed by atoms with Crippen molar-refractivity contribution in [3.05, 3.63) is 23.9 Å². The number of nitrogens with zero attached hydrogens (tertiary/aromatic N) is 1. The van der Waals surface area contributed by atoms with Gasteiger partial charge in [-0.3, -0.25) is 0 Å². The van der Waals surface area contributed by atoms with Gasteiger partial charge in [-0.2, -0.15) is 0 Å². The Labute approximate surface area is 78.6 Å². The minimum Gasteiger partial charge on any atom is -0.247 e. The summed E-state index contributed by atoms with van der Waals surface area (Å²) in [4.78, 5) is 4.49. The predicted octanol–water partition coefficient (Wildman–Crippen LogP) is 3.00. The van der Waals surface area contributed by atoms with Gasteiger partial charge in [0.2, 0.25) is 0 Å². The molecule has 1 rings (SSSR count). The van der Waals surface area contributed by atoms with Crippen LogP contribution in [0.4, 0.5) is 0 Å². The molecule has 0 atom stereocenters. The van der Waals surface area contributed by atoms with E-state index in [0.29, 0.717) is 5.92 Å². The van der Waals surface area contributed by atoms with Crippen molar-refractivity contribution in [2.24, 2.45) is 5.92 Å². The van der Waals surface area contributed by atoms with E-state index in [4.69, 9.17) is 0 Å². The predicted molar refractivity (Wildman–Crippen MR) is 54.6 cm³/mol. The molecular formula is C10H15NS. The first-order chi connectivity index (χ1) is 5.72. The summed E-state index contributed by atoms with van der Waals surface area (Å²) in [6.07, 6.45) is 3.13. The van der Waals surface area contributed by atoms with Crippen molar-refractivity contribution >= 4 is 11.8 Å². The van der Waals surface area contributed by atoms with Crippen LogP contribution in [0, 0.1) is 5.92 Å². The summed E-state index contributed by atoms with van der Waals surface area (Å²) in [6.45, 7) is 4.43. The Balaban J connectivity index is 2.72. The van der Waals surface area contributed by atoms with Crippen molar-refractivity contribution in [3.8, 4) is 0 Å². The monoisotopic (exact) mass is 181 g/mol. The molecule has 0 amide bonds. The number of hydrogen-bond acceptors (Lipinski definition) is 2. The average molecular weight is 181 g/mol. The van der Waals surface area contributed by atoms with Gasteiger partial charge in [0.05, 0.1) is 5.03 Å². The minimum absolute atomic E-state index is 0.689. The van der Waals surface area contributed by atoms with Crippen molar-refractivity contribution in [1.29, 1.82) is 0 Å². The van der Waals surface area contributed by atoms with E-state index in [-0.39, 0.29) is 0 Å². The van der Waals surface area contributed by atoms with Crippen molar-refractivity contribution in [2.45, 2.75) is 25.3 Å². The van der Waals surface area contributed by atoms with Gasteiger partial charge in [-0.25, -0.2) is 4.98 Å².